The van der Waals surface area contributed by atoms with Crippen LogP contribution in [0.1, 0.15) is 32.3 Å². The van der Waals surface area contributed by atoms with Gasteiger partial charge in [-0.1, -0.05) is 20.8 Å². The smallest absolute Gasteiger partial charge is 0.253 e. The number of hydrogen-bond donors (Lipinski definition) is 0. The van der Waals surface area contributed by atoms with Gasteiger partial charge < -0.3 is 0 Å². The Hall–Kier alpha value is -1.12. The highest BCUT2D eigenvalue weighted by Gasteiger charge is 1.98. The van der Waals surface area contributed by atoms with Crippen molar-refractivity contribution in [2.24, 2.45) is 7.05 Å². The summed E-state index contributed by atoms with van der Waals surface area (Å²) in [6, 6.07) is 1.54. The molecule has 0 bridgehead atoms. The molecule has 0 spiro atoms. The molecule has 0 atom stereocenters. The molecule has 0 aliphatic rings. The average Bonchev–Trinajstić information content (AvgIpc) is 2.14. The maximum Gasteiger partial charge on any atom is 0.253 e. The van der Waals surface area contributed by atoms with E-state index in [1.807, 2.05) is 27.7 Å². The molecule has 1 heterocycles. The summed E-state index contributed by atoms with van der Waals surface area (Å²) in [5.74, 6) is 0.843. The molecule has 0 radical (unpaired) electrons. The standard InChI is InChI=1S/C8H12N2O.C2H6/c1-4-7-9-6(2)5-8(11)10(7)3;1-2/h5H,4H2,1-3H3;1-2H3. The first kappa shape index (κ1) is 11.9. The first-order valence-electron chi connectivity index (χ1n) is 4.68. The Balaban J connectivity index is 0.000000671. The lowest BCUT2D eigenvalue weighted by Crippen LogP contribution is -2.21. The van der Waals surface area contributed by atoms with Crippen LogP contribution in [0.15, 0.2) is 10.9 Å². The van der Waals surface area contributed by atoms with Gasteiger partial charge in [0.05, 0.1) is 0 Å². The summed E-state index contributed by atoms with van der Waals surface area (Å²) in [4.78, 5) is 15.4. The molecule has 1 rings (SSSR count). The molecule has 0 aromatic carbocycles. The van der Waals surface area contributed by atoms with Gasteiger partial charge in [0.1, 0.15) is 5.82 Å². The maximum absolute atomic E-state index is 11.1. The minimum absolute atomic E-state index is 0.0225. The van der Waals surface area contributed by atoms with Crippen molar-refractivity contribution in [2.45, 2.75) is 34.1 Å². The summed E-state index contributed by atoms with van der Waals surface area (Å²) in [6.45, 7) is 7.82. The zero-order valence-corrected chi connectivity index (χ0v) is 9.09. The van der Waals surface area contributed by atoms with E-state index < -0.39 is 0 Å². The van der Waals surface area contributed by atoms with Gasteiger partial charge >= 0.3 is 0 Å². The van der Waals surface area contributed by atoms with Crippen molar-refractivity contribution in [2.75, 3.05) is 0 Å². The third kappa shape index (κ3) is 3.01. The van der Waals surface area contributed by atoms with Crippen LogP contribution in [0.25, 0.3) is 0 Å². The minimum atomic E-state index is 0.0225. The first-order chi connectivity index (χ1) is 6.15. The van der Waals surface area contributed by atoms with Gasteiger partial charge in [-0.05, 0) is 6.92 Å². The second-order valence-corrected chi connectivity index (χ2v) is 2.56. The van der Waals surface area contributed by atoms with Crippen LogP contribution in [0.4, 0.5) is 0 Å². The second kappa shape index (κ2) is 5.51. The fourth-order valence-corrected chi connectivity index (χ4v) is 1.03. The normalized spacial score (nSPS) is 9.00. The van der Waals surface area contributed by atoms with Crippen LogP contribution in [-0.2, 0) is 13.5 Å². The summed E-state index contributed by atoms with van der Waals surface area (Å²) in [6.07, 6.45) is 0.799. The number of aromatic nitrogens is 2. The van der Waals surface area contributed by atoms with Crippen LogP contribution in [0, 0.1) is 6.92 Å². The van der Waals surface area contributed by atoms with Gasteiger partial charge in [0.25, 0.3) is 5.56 Å². The maximum atomic E-state index is 11.1. The van der Waals surface area contributed by atoms with Crippen molar-refractivity contribution < 1.29 is 0 Å². The molecule has 0 fully saturated rings. The van der Waals surface area contributed by atoms with Gasteiger partial charge in [-0.3, -0.25) is 9.36 Å². The summed E-state index contributed by atoms with van der Waals surface area (Å²) < 4.78 is 1.58. The third-order valence-electron chi connectivity index (χ3n) is 1.67. The van der Waals surface area contributed by atoms with Crippen LogP contribution in [0.2, 0.25) is 0 Å². The minimum Gasteiger partial charge on any atom is -0.300 e. The largest absolute Gasteiger partial charge is 0.300 e. The van der Waals surface area contributed by atoms with Crippen LogP contribution in [0.5, 0.6) is 0 Å². The summed E-state index contributed by atoms with van der Waals surface area (Å²) in [5, 5.41) is 0. The van der Waals surface area contributed by atoms with Gasteiger partial charge in [0, 0.05) is 25.2 Å². The molecule has 0 N–H and O–H groups in total. The lowest BCUT2D eigenvalue weighted by Gasteiger charge is -2.03. The summed E-state index contributed by atoms with van der Waals surface area (Å²) in [5.41, 5.74) is 0.819. The molecule has 0 aliphatic heterocycles. The van der Waals surface area contributed by atoms with E-state index in [1.165, 1.54) is 0 Å². The van der Waals surface area contributed by atoms with Gasteiger partial charge in [-0.15, -0.1) is 0 Å². The van der Waals surface area contributed by atoms with Crippen molar-refractivity contribution >= 4 is 0 Å². The Morgan fingerprint density at radius 3 is 2.46 bits per heavy atom. The fourth-order valence-electron chi connectivity index (χ4n) is 1.03. The lowest BCUT2D eigenvalue weighted by atomic mass is 10.4. The van der Waals surface area contributed by atoms with Crippen molar-refractivity contribution in [1.29, 1.82) is 0 Å². The molecule has 0 saturated heterocycles. The van der Waals surface area contributed by atoms with E-state index in [0.717, 1.165) is 17.9 Å². The quantitative estimate of drug-likeness (QED) is 0.662. The van der Waals surface area contributed by atoms with Crippen molar-refractivity contribution in [1.82, 2.24) is 9.55 Å². The van der Waals surface area contributed by atoms with E-state index in [-0.39, 0.29) is 5.56 Å². The van der Waals surface area contributed by atoms with Crippen molar-refractivity contribution in [3.05, 3.63) is 27.9 Å². The number of aryl methyl sites for hydroxylation is 2. The zero-order chi connectivity index (χ0) is 10.4. The Morgan fingerprint density at radius 2 is 2.00 bits per heavy atom. The molecule has 0 saturated carbocycles. The van der Waals surface area contributed by atoms with Gasteiger partial charge in [0.15, 0.2) is 0 Å². The average molecular weight is 182 g/mol. The molecule has 3 heteroatoms. The lowest BCUT2D eigenvalue weighted by molar-refractivity contribution is 0.728. The third-order valence-corrected chi connectivity index (χ3v) is 1.67. The van der Waals surface area contributed by atoms with E-state index in [9.17, 15) is 4.79 Å². The number of nitrogens with zero attached hydrogens (tertiary/aromatic N) is 2. The molecule has 13 heavy (non-hydrogen) atoms. The van der Waals surface area contributed by atoms with Crippen molar-refractivity contribution in [3.8, 4) is 0 Å². The Kier molecular flexibility index (Phi) is 5.04. The molecular weight excluding hydrogens is 164 g/mol. The van der Waals surface area contributed by atoms with Crippen LogP contribution in [-0.4, -0.2) is 9.55 Å². The molecule has 0 aliphatic carbocycles. The highest BCUT2D eigenvalue weighted by atomic mass is 16.1. The number of hydrogen-bond acceptors (Lipinski definition) is 2. The highest BCUT2D eigenvalue weighted by molar-refractivity contribution is 5.01. The molecular formula is C10H18N2O. The van der Waals surface area contributed by atoms with Crippen LogP contribution < -0.4 is 5.56 Å². The van der Waals surface area contributed by atoms with Crippen LogP contribution >= 0.6 is 0 Å². The SMILES string of the molecule is CC.CCc1nc(C)cc(=O)n1C. The second-order valence-electron chi connectivity index (χ2n) is 2.56. The van der Waals surface area contributed by atoms with Gasteiger partial charge in [-0.2, -0.15) is 0 Å². The predicted octanol–water partition coefficient (Wildman–Crippen LogP) is 1.68. The highest BCUT2D eigenvalue weighted by Crippen LogP contribution is 1.92. The Bertz CT molecular complexity index is 315. The molecule has 1 aromatic heterocycles. The number of rotatable bonds is 1. The van der Waals surface area contributed by atoms with Gasteiger partial charge in [-0.25, -0.2) is 4.98 Å². The topological polar surface area (TPSA) is 34.9 Å². The molecule has 74 valence electrons. The Morgan fingerprint density at radius 1 is 1.46 bits per heavy atom. The Labute approximate surface area is 79.4 Å². The van der Waals surface area contributed by atoms with E-state index in [0.29, 0.717) is 0 Å². The van der Waals surface area contributed by atoms with Crippen LogP contribution in [0.3, 0.4) is 0 Å². The zero-order valence-electron chi connectivity index (χ0n) is 9.09. The monoisotopic (exact) mass is 182 g/mol. The van der Waals surface area contributed by atoms with Crippen molar-refractivity contribution in [3.63, 3.8) is 0 Å². The molecule has 0 unspecified atom stereocenters. The molecule has 1 aromatic rings. The molecule has 0 amide bonds. The first-order valence-corrected chi connectivity index (χ1v) is 4.68. The van der Waals surface area contributed by atoms with E-state index in [1.54, 1.807) is 17.7 Å². The van der Waals surface area contributed by atoms with Gasteiger partial charge in [0.2, 0.25) is 0 Å². The predicted molar refractivity (Wildman–Crippen MR) is 54.9 cm³/mol. The van der Waals surface area contributed by atoms with E-state index in [2.05, 4.69) is 4.98 Å². The summed E-state index contributed by atoms with van der Waals surface area (Å²) >= 11 is 0. The van der Waals surface area contributed by atoms with E-state index >= 15 is 0 Å². The molecule has 3 nitrogen and oxygen atoms in total. The van der Waals surface area contributed by atoms with E-state index in [4.69, 9.17) is 0 Å². The fraction of sp³-hybridized carbons (Fsp3) is 0.600. The summed E-state index contributed by atoms with van der Waals surface area (Å²) in [7, 11) is 1.74.